The van der Waals surface area contributed by atoms with E-state index in [-0.39, 0.29) is 17.9 Å². The second kappa shape index (κ2) is 10.2. The quantitative estimate of drug-likeness (QED) is 0.590. The Morgan fingerprint density at radius 1 is 1.17 bits per heavy atom. The molecule has 3 rings (SSSR count). The fourth-order valence-electron chi connectivity index (χ4n) is 4.18. The van der Waals surface area contributed by atoms with Crippen molar-refractivity contribution in [1.29, 1.82) is 0 Å². The van der Waals surface area contributed by atoms with Crippen LogP contribution in [0.3, 0.4) is 0 Å². The van der Waals surface area contributed by atoms with Crippen molar-refractivity contribution in [2.45, 2.75) is 97.6 Å². The first kappa shape index (κ1) is 28.2. The van der Waals surface area contributed by atoms with Crippen molar-refractivity contribution in [1.82, 2.24) is 20.2 Å². The first-order valence-corrected chi connectivity index (χ1v) is 12.7. The van der Waals surface area contributed by atoms with E-state index in [0.717, 1.165) is 11.9 Å². The summed E-state index contributed by atoms with van der Waals surface area (Å²) in [4.78, 5) is 38.4. The van der Waals surface area contributed by atoms with Gasteiger partial charge in [0, 0.05) is 38.0 Å². The molecule has 1 unspecified atom stereocenters. The van der Waals surface area contributed by atoms with E-state index in [1.165, 1.54) is 0 Å². The fraction of sp³-hybridized carbons (Fsp3) is 0.760. The number of alkyl carbamates (subject to hydrolysis) is 1. The fourth-order valence-corrected chi connectivity index (χ4v) is 4.18. The number of likely N-dealkylation sites (N-methyl/N-ethyl adjacent to an activating group) is 1. The number of ether oxygens (including phenoxy) is 1. The van der Waals surface area contributed by atoms with Crippen molar-refractivity contribution in [3.63, 3.8) is 0 Å². The highest BCUT2D eigenvalue weighted by Gasteiger charge is 2.52. The third-order valence-corrected chi connectivity index (χ3v) is 7.13. The van der Waals surface area contributed by atoms with Gasteiger partial charge in [-0.15, -0.1) is 0 Å². The summed E-state index contributed by atoms with van der Waals surface area (Å²) in [6.45, 7) is 18.4. The van der Waals surface area contributed by atoms with Gasteiger partial charge in [-0.25, -0.2) is 14.8 Å². The van der Waals surface area contributed by atoms with Crippen LogP contribution < -0.4 is 15.7 Å². The van der Waals surface area contributed by atoms with Gasteiger partial charge in [-0.2, -0.15) is 0 Å². The molecule has 2 amide bonds. The highest BCUT2D eigenvalue weighted by molar-refractivity contribution is 6.61. The zero-order valence-electron chi connectivity index (χ0n) is 23.4. The zero-order valence-corrected chi connectivity index (χ0v) is 23.4. The van der Waals surface area contributed by atoms with Gasteiger partial charge in [-0.3, -0.25) is 4.79 Å². The van der Waals surface area contributed by atoms with Gasteiger partial charge in [0.25, 0.3) is 0 Å². The maximum absolute atomic E-state index is 13.3. The second-order valence-corrected chi connectivity index (χ2v) is 12.1. The molecule has 0 bridgehead atoms. The molecule has 2 saturated heterocycles. The van der Waals surface area contributed by atoms with Crippen LogP contribution in [0.15, 0.2) is 12.4 Å². The summed E-state index contributed by atoms with van der Waals surface area (Å²) in [6, 6.07) is -0.592. The molecule has 1 N–H and O–H groups in total. The first-order valence-electron chi connectivity index (χ1n) is 12.7. The van der Waals surface area contributed by atoms with Crippen molar-refractivity contribution < 1.29 is 23.6 Å². The lowest BCUT2D eigenvalue weighted by Gasteiger charge is -2.32. The van der Waals surface area contributed by atoms with Crippen LogP contribution in [0.25, 0.3) is 0 Å². The average Bonchev–Trinajstić information content (AvgIpc) is 3.32. The predicted octanol–water partition coefficient (Wildman–Crippen LogP) is 2.36. The Hall–Kier alpha value is -2.40. The molecule has 2 aliphatic rings. The molecular weight excluding hydrogens is 461 g/mol. The molecule has 2 fully saturated rings. The van der Waals surface area contributed by atoms with E-state index in [2.05, 4.69) is 15.3 Å². The second-order valence-electron chi connectivity index (χ2n) is 12.1. The number of anilines is 1. The lowest BCUT2D eigenvalue weighted by molar-refractivity contribution is -0.133. The summed E-state index contributed by atoms with van der Waals surface area (Å²) in [5.41, 5.74) is -0.728. The van der Waals surface area contributed by atoms with Crippen LogP contribution in [0.5, 0.6) is 0 Å². The third-order valence-electron chi connectivity index (χ3n) is 7.13. The van der Waals surface area contributed by atoms with E-state index in [0.29, 0.717) is 19.0 Å². The SMILES string of the molecule is CC(C)C(NC(=O)OC(C)(C)C)C(=O)N1CC[C@@H](N(C)c2ncc(B3OC(C)(C)C(C)(C)O3)cn2)C1. The summed E-state index contributed by atoms with van der Waals surface area (Å²) in [5.74, 6) is 0.387. The van der Waals surface area contributed by atoms with Crippen molar-refractivity contribution in [2.24, 2.45) is 5.92 Å². The van der Waals surface area contributed by atoms with Gasteiger partial charge >= 0.3 is 13.2 Å². The number of aromatic nitrogens is 2. The highest BCUT2D eigenvalue weighted by Crippen LogP contribution is 2.36. The molecule has 200 valence electrons. The molecule has 0 aromatic carbocycles. The number of rotatable bonds is 6. The van der Waals surface area contributed by atoms with Crippen LogP contribution in [0, 0.1) is 5.92 Å². The Morgan fingerprint density at radius 3 is 2.22 bits per heavy atom. The van der Waals surface area contributed by atoms with E-state index >= 15 is 0 Å². The molecular formula is C25H42BN5O5. The summed E-state index contributed by atoms with van der Waals surface area (Å²) >= 11 is 0. The standard InChI is InChI=1S/C25H42BN5O5/c1-16(2)19(29-22(33)34-23(3,4)5)20(32)31-12-11-18(15-31)30(10)21-27-13-17(14-28-21)26-35-24(6,7)25(8,9)36-26/h13-14,16,18-19H,11-12,15H2,1-10H3,(H,29,33)/t18-,19?/m1/s1. The third kappa shape index (κ3) is 6.29. The first-order chi connectivity index (χ1) is 16.5. The zero-order chi connectivity index (χ0) is 27.1. The van der Waals surface area contributed by atoms with Gasteiger partial charge in [0.05, 0.1) is 17.2 Å². The highest BCUT2D eigenvalue weighted by atomic mass is 16.7. The molecule has 11 heteroatoms. The molecule has 3 heterocycles. The van der Waals surface area contributed by atoms with Crippen molar-refractivity contribution >= 4 is 30.5 Å². The molecule has 2 aliphatic heterocycles. The molecule has 36 heavy (non-hydrogen) atoms. The number of nitrogens with zero attached hydrogens (tertiary/aromatic N) is 4. The van der Waals surface area contributed by atoms with Crippen molar-refractivity contribution in [3.05, 3.63) is 12.4 Å². The molecule has 0 radical (unpaired) electrons. The monoisotopic (exact) mass is 503 g/mol. The Labute approximate surface area is 215 Å². The molecule has 1 aromatic heterocycles. The number of likely N-dealkylation sites (tertiary alicyclic amines) is 1. The van der Waals surface area contributed by atoms with Gasteiger partial charge in [0.1, 0.15) is 11.6 Å². The van der Waals surface area contributed by atoms with Crippen molar-refractivity contribution in [3.8, 4) is 0 Å². The number of amides is 2. The summed E-state index contributed by atoms with van der Waals surface area (Å²) < 4.78 is 17.5. The van der Waals surface area contributed by atoms with Gasteiger partial charge in [-0.1, -0.05) is 13.8 Å². The van der Waals surface area contributed by atoms with Gasteiger partial charge in [-0.05, 0) is 60.8 Å². The van der Waals surface area contributed by atoms with Crippen molar-refractivity contribution in [2.75, 3.05) is 25.0 Å². The Kier molecular flexibility index (Phi) is 7.96. The van der Waals surface area contributed by atoms with E-state index in [1.807, 2.05) is 53.5 Å². The average molecular weight is 503 g/mol. The van der Waals surface area contributed by atoms with Crippen LogP contribution in [-0.2, 0) is 18.8 Å². The number of carbonyl (C=O) groups excluding carboxylic acids is 2. The minimum atomic E-state index is -0.653. The van der Waals surface area contributed by atoms with Crippen LogP contribution in [0.1, 0.15) is 68.7 Å². The minimum Gasteiger partial charge on any atom is -0.444 e. The van der Waals surface area contributed by atoms with Gasteiger partial charge in [0.15, 0.2) is 0 Å². The summed E-state index contributed by atoms with van der Waals surface area (Å²) in [7, 11) is 1.42. The number of carbonyl (C=O) groups is 2. The Bertz CT molecular complexity index is 931. The smallest absolute Gasteiger partial charge is 0.444 e. The van der Waals surface area contributed by atoms with Crippen LogP contribution in [0.4, 0.5) is 10.7 Å². The summed E-state index contributed by atoms with van der Waals surface area (Å²) in [5, 5.41) is 2.76. The van der Waals surface area contributed by atoms with E-state index in [1.54, 1.807) is 38.1 Å². The van der Waals surface area contributed by atoms with Gasteiger partial charge in [0.2, 0.25) is 11.9 Å². The molecule has 1 aromatic rings. The molecule has 2 atom stereocenters. The molecule has 0 spiro atoms. The lowest BCUT2D eigenvalue weighted by Crippen LogP contribution is -2.52. The molecule has 0 aliphatic carbocycles. The van der Waals surface area contributed by atoms with Crippen LogP contribution in [-0.4, -0.2) is 83.0 Å². The minimum absolute atomic E-state index is 0.0611. The van der Waals surface area contributed by atoms with E-state index in [9.17, 15) is 9.59 Å². The van der Waals surface area contributed by atoms with Crippen LogP contribution in [0.2, 0.25) is 0 Å². The Balaban J connectivity index is 1.61. The molecule has 10 nitrogen and oxygen atoms in total. The largest absolute Gasteiger partial charge is 0.498 e. The van der Waals surface area contributed by atoms with Gasteiger partial charge < -0.3 is 29.2 Å². The van der Waals surface area contributed by atoms with Crippen LogP contribution >= 0.6 is 0 Å². The Morgan fingerprint density at radius 2 is 1.72 bits per heavy atom. The number of hydrogen-bond acceptors (Lipinski definition) is 8. The normalized spacial score (nSPS) is 22.0. The maximum atomic E-state index is 13.3. The maximum Gasteiger partial charge on any atom is 0.498 e. The van der Waals surface area contributed by atoms with E-state index in [4.69, 9.17) is 14.0 Å². The predicted molar refractivity (Wildman–Crippen MR) is 139 cm³/mol. The number of nitrogens with one attached hydrogen (secondary N) is 1. The topological polar surface area (TPSA) is 106 Å². The lowest BCUT2D eigenvalue weighted by atomic mass is 9.81. The molecule has 0 saturated carbocycles. The van der Waals surface area contributed by atoms with E-state index < -0.39 is 36.1 Å². The number of hydrogen-bond donors (Lipinski definition) is 1. The summed E-state index contributed by atoms with van der Waals surface area (Å²) in [6.07, 6.45) is 3.66.